The number of hydrogen-bond acceptors (Lipinski definition) is 4. The Labute approximate surface area is 232 Å². The predicted octanol–water partition coefficient (Wildman–Crippen LogP) is 5.14. The Hall–Kier alpha value is -3.65. The standard InChI is InChI=1S/C31H39N3O4S/c1-7-29(31(36)32-22(2)3)33(20-26-15-13-23(4)14-16-26)30(35)21-34(27-18-24(5)17-25(6)19-27)39(37,38)28-11-9-8-10-12-28/h8-19,22,29H,7,20-21H2,1-6H3,(H,32,36)/t29-/m1/s1. The molecule has 3 aromatic carbocycles. The van der Waals surface area contributed by atoms with Crippen LogP contribution < -0.4 is 9.62 Å². The van der Waals surface area contributed by atoms with Crippen LogP contribution in [0.5, 0.6) is 0 Å². The molecule has 0 aliphatic carbocycles. The van der Waals surface area contributed by atoms with Gasteiger partial charge in [0.25, 0.3) is 10.0 Å². The maximum absolute atomic E-state index is 14.1. The number of rotatable bonds is 11. The van der Waals surface area contributed by atoms with E-state index >= 15 is 0 Å². The summed E-state index contributed by atoms with van der Waals surface area (Å²) in [7, 11) is -4.08. The second kappa shape index (κ2) is 12.9. The van der Waals surface area contributed by atoms with E-state index in [0.717, 1.165) is 26.6 Å². The van der Waals surface area contributed by atoms with Gasteiger partial charge in [-0.3, -0.25) is 13.9 Å². The maximum Gasteiger partial charge on any atom is 0.264 e. The summed E-state index contributed by atoms with van der Waals surface area (Å²) in [4.78, 5) is 28.9. The van der Waals surface area contributed by atoms with Gasteiger partial charge in [-0.1, -0.05) is 61.0 Å². The quantitative estimate of drug-likeness (QED) is 0.359. The third kappa shape index (κ3) is 7.69. The lowest BCUT2D eigenvalue weighted by molar-refractivity contribution is -0.140. The third-order valence-electron chi connectivity index (χ3n) is 6.39. The van der Waals surface area contributed by atoms with Gasteiger partial charge in [0.2, 0.25) is 11.8 Å². The maximum atomic E-state index is 14.1. The van der Waals surface area contributed by atoms with E-state index in [1.807, 2.05) is 71.9 Å². The van der Waals surface area contributed by atoms with Gasteiger partial charge in [-0.05, 0) is 82.0 Å². The fourth-order valence-corrected chi connectivity index (χ4v) is 5.95. The molecule has 0 fully saturated rings. The van der Waals surface area contributed by atoms with E-state index in [2.05, 4.69) is 5.32 Å². The molecule has 0 radical (unpaired) electrons. The van der Waals surface area contributed by atoms with E-state index in [9.17, 15) is 18.0 Å². The molecule has 0 saturated heterocycles. The number of aryl methyl sites for hydroxylation is 3. The molecule has 0 aliphatic heterocycles. The van der Waals surface area contributed by atoms with Crippen LogP contribution in [0.4, 0.5) is 5.69 Å². The van der Waals surface area contributed by atoms with E-state index < -0.39 is 28.5 Å². The third-order valence-corrected chi connectivity index (χ3v) is 8.18. The number of nitrogens with zero attached hydrogens (tertiary/aromatic N) is 2. The van der Waals surface area contributed by atoms with Crippen molar-refractivity contribution >= 4 is 27.5 Å². The molecule has 0 bridgehead atoms. The Balaban J connectivity index is 2.08. The Morgan fingerprint density at radius 2 is 1.44 bits per heavy atom. The molecular formula is C31H39N3O4S. The van der Waals surface area contributed by atoms with Crippen molar-refractivity contribution in [1.29, 1.82) is 0 Å². The fourth-order valence-electron chi connectivity index (χ4n) is 4.53. The number of hydrogen-bond donors (Lipinski definition) is 1. The second-order valence-corrected chi connectivity index (χ2v) is 12.1. The van der Waals surface area contributed by atoms with Crippen LogP contribution in [-0.4, -0.2) is 43.8 Å². The molecule has 8 heteroatoms. The molecule has 0 aromatic heterocycles. The molecular weight excluding hydrogens is 510 g/mol. The Morgan fingerprint density at radius 1 is 0.846 bits per heavy atom. The van der Waals surface area contributed by atoms with Gasteiger partial charge in [-0.2, -0.15) is 0 Å². The lowest BCUT2D eigenvalue weighted by Gasteiger charge is -2.33. The first-order valence-electron chi connectivity index (χ1n) is 13.2. The summed E-state index contributed by atoms with van der Waals surface area (Å²) in [6.45, 7) is 11.1. The minimum Gasteiger partial charge on any atom is -0.352 e. The van der Waals surface area contributed by atoms with Gasteiger partial charge in [0.05, 0.1) is 10.6 Å². The fraction of sp³-hybridized carbons (Fsp3) is 0.355. The molecule has 0 saturated carbocycles. The average molecular weight is 550 g/mol. The minimum atomic E-state index is -4.08. The van der Waals surface area contributed by atoms with Crippen LogP contribution in [0, 0.1) is 20.8 Å². The second-order valence-electron chi connectivity index (χ2n) is 10.3. The first-order chi connectivity index (χ1) is 18.4. The normalized spacial score (nSPS) is 12.2. The van der Waals surface area contributed by atoms with E-state index in [1.165, 1.54) is 17.0 Å². The molecule has 0 unspecified atom stereocenters. The summed E-state index contributed by atoms with van der Waals surface area (Å²) in [5, 5.41) is 2.92. The van der Waals surface area contributed by atoms with Crippen molar-refractivity contribution in [2.24, 2.45) is 0 Å². The lowest BCUT2D eigenvalue weighted by Crippen LogP contribution is -2.53. The van der Waals surface area contributed by atoms with Crippen LogP contribution >= 0.6 is 0 Å². The Kier molecular flexibility index (Phi) is 9.92. The molecule has 3 aromatic rings. The van der Waals surface area contributed by atoms with Crippen molar-refractivity contribution in [3.8, 4) is 0 Å². The van der Waals surface area contributed by atoms with Crippen LogP contribution in [0.15, 0.2) is 77.7 Å². The van der Waals surface area contributed by atoms with Crippen LogP contribution in [0.3, 0.4) is 0 Å². The monoisotopic (exact) mass is 549 g/mol. The summed E-state index contributed by atoms with van der Waals surface area (Å²) >= 11 is 0. The first kappa shape index (κ1) is 29.9. The van der Waals surface area contributed by atoms with Crippen LogP contribution in [-0.2, 0) is 26.2 Å². The van der Waals surface area contributed by atoms with Gasteiger partial charge in [-0.25, -0.2) is 8.42 Å². The van der Waals surface area contributed by atoms with E-state index in [-0.39, 0.29) is 23.4 Å². The molecule has 3 rings (SSSR count). The number of benzene rings is 3. The highest BCUT2D eigenvalue weighted by Gasteiger charge is 2.34. The number of nitrogens with one attached hydrogen (secondary N) is 1. The highest BCUT2D eigenvalue weighted by atomic mass is 32.2. The summed E-state index contributed by atoms with van der Waals surface area (Å²) in [5.41, 5.74) is 4.10. The van der Waals surface area contributed by atoms with Crippen molar-refractivity contribution in [1.82, 2.24) is 10.2 Å². The van der Waals surface area contributed by atoms with Gasteiger partial charge in [0.1, 0.15) is 12.6 Å². The molecule has 7 nitrogen and oxygen atoms in total. The predicted molar refractivity (Wildman–Crippen MR) is 156 cm³/mol. The number of amides is 2. The van der Waals surface area contributed by atoms with Crippen LogP contribution in [0.1, 0.15) is 49.4 Å². The molecule has 1 atom stereocenters. The molecule has 0 aliphatic rings. The zero-order chi connectivity index (χ0) is 28.7. The highest BCUT2D eigenvalue weighted by molar-refractivity contribution is 7.92. The van der Waals surface area contributed by atoms with E-state index in [0.29, 0.717) is 12.1 Å². The zero-order valence-electron chi connectivity index (χ0n) is 23.6. The van der Waals surface area contributed by atoms with Crippen molar-refractivity contribution in [3.63, 3.8) is 0 Å². The molecule has 0 heterocycles. The van der Waals surface area contributed by atoms with Crippen molar-refractivity contribution < 1.29 is 18.0 Å². The van der Waals surface area contributed by atoms with Gasteiger partial charge in [0, 0.05) is 12.6 Å². The topological polar surface area (TPSA) is 86.8 Å². The molecule has 1 N–H and O–H groups in total. The van der Waals surface area contributed by atoms with E-state index in [4.69, 9.17) is 0 Å². The average Bonchev–Trinajstić information content (AvgIpc) is 2.87. The summed E-state index contributed by atoms with van der Waals surface area (Å²) in [6.07, 6.45) is 0.380. The first-order valence-corrected chi connectivity index (χ1v) is 14.7. The van der Waals surface area contributed by atoms with Crippen LogP contribution in [0.2, 0.25) is 0 Å². The van der Waals surface area contributed by atoms with Crippen molar-refractivity contribution in [3.05, 3.63) is 95.1 Å². The molecule has 2 amide bonds. The molecule has 39 heavy (non-hydrogen) atoms. The number of carbonyl (C=O) groups excluding carboxylic acids is 2. The van der Waals surface area contributed by atoms with Gasteiger partial charge >= 0.3 is 0 Å². The van der Waals surface area contributed by atoms with Gasteiger partial charge in [0.15, 0.2) is 0 Å². The number of sulfonamides is 1. The number of anilines is 1. The lowest BCUT2D eigenvalue weighted by atomic mass is 10.1. The Morgan fingerprint density at radius 3 is 1.97 bits per heavy atom. The number of carbonyl (C=O) groups is 2. The van der Waals surface area contributed by atoms with Gasteiger partial charge in [-0.15, -0.1) is 0 Å². The zero-order valence-corrected chi connectivity index (χ0v) is 24.5. The SMILES string of the molecule is CC[C@H](C(=O)NC(C)C)N(Cc1ccc(C)cc1)C(=O)CN(c1cc(C)cc(C)c1)S(=O)(=O)c1ccccc1. The Bertz CT molecular complexity index is 1370. The van der Waals surface area contributed by atoms with E-state index in [1.54, 1.807) is 30.3 Å². The minimum absolute atomic E-state index is 0.0895. The highest BCUT2D eigenvalue weighted by Crippen LogP contribution is 2.27. The van der Waals surface area contributed by atoms with Gasteiger partial charge < -0.3 is 10.2 Å². The van der Waals surface area contributed by atoms with Crippen molar-refractivity contribution in [2.45, 2.75) is 71.5 Å². The smallest absolute Gasteiger partial charge is 0.264 e. The summed E-state index contributed by atoms with van der Waals surface area (Å²) < 4.78 is 29.0. The van der Waals surface area contributed by atoms with Crippen LogP contribution in [0.25, 0.3) is 0 Å². The molecule has 0 spiro atoms. The summed E-state index contributed by atoms with van der Waals surface area (Å²) in [6, 6.07) is 20.4. The van der Waals surface area contributed by atoms with Crippen molar-refractivity contribution in [2.75, 3.05) is 10.8 Å². The largest absolute Gasteiger partial charge is 0.352 e. The summed E-state index contributed by atoms with van der Waals surface area (Å²) in [5.74, 6) is -0.725. The molecule has 208 valence electrons.